The molecule has 2 aromatic carbocycles. The lowest BCUT2D eigenvalue weighted by Gasteiger charge is -2.25. The zero-order valence-electron chi connectivity index (χ0n) is 18.4. The molecule has 0 aliphatic carbocycles. The number of carbonyl (C=O) groups excluding carboxylic acids is 1. The number of sulfonamides is 1. The zero-order chi connectivity index (χ0) is 23.3. The maximum atomic E-state index is 13.1. The molecule has 0 atom stereocenters. The lowest BCUT2D eigenvalue weighted by molar-refractivity contribution is 0.0951. The molecule has 0 aliphatic heterocycles. The first-order valence-electron chi connectivity index (χ1n) is 10.1. The van der Waals surface area contributed by atoms with Crippen molar-refractivity contribution >= 4 is 32.4 Å². The van der Waals surface area contributed by atoms with Gasteiger partial charge in [0.25, 0.3) is 15.9 Å². The molecule has 0 saturated carbocycles. The molecule has 1 amide bonds. The minimum atomic E-state index is -3.76. The van der Waals surface area contributed by atoms with Gasteiger partial charge < -0.3 is 10.1 Å². The van der Waals surface area contributed by atoms with Crippen molar-refractivity contribution in [3.63, 3.8) is 0 Å². The fourth-order valence-electron chi connectivity index (χ4n) is 3.21. The maximum absolute atomic E-state index is 13.1. The minimum Gasteiger partial charge on any atom is -0.496 e. The normalized spacial score (nSPS) is 11.4. The van der Waals surface area contributed by atoms with Crippen molar-refractivity contribution in [3.8, 4) is 5.75 Å². The number of aromatic nitrogens is 2. The third kappa shape index (κ3) is 5.25. The van der Waals surface area contributed by atoms with Gasteiger partial charge in [0.2, 0.25) is 5.13 Å². The Labute approximate surface area is 192 Å². The Balaban J connectivity index is 1.65. The number of aryl methyl sites for hydroxylation is 1. The quantitative estimate of drug-likeness (QED) is 0.510. The molecule has 0 spiro atoms. The van der Waals surface area contributed by atoms with Crippen LogP contribution in [0.1, 0.15) is 35.3 Å². The maximum Gasteiger partial charge on any atom is 0.266 e. The number of nitrogens with one attached hydrogen (secondary N) is 1. The second kappa shape index (κ2) is 10.1. The number of rotatable bonds is 9. The number of methoxy groups -OCH3 is 1. The summed E-state index contributed by atoms with van der Waals surface area (Å²) in [5.41, 5.74) is 3.90. The summed E-state index contributed by atoms with van der Waals surface area (Å²) in [5, 5.41) is 10.9. The van der Waals surface area contributed by atoms with E-state index in [2.05, 4.69) is 15.5 Å². The first-order valence-corrected chi connectivity index (χ1v) is 12.4. The SMILES string of the molecule is COc1cc(C)ccc1C(=O)NCCc1ccc(S(=O)(=O)N(c2nncs2)C(C)C)cc1. The largest absolute Gasteiger partial charge is 0.496 e. The lowest BCUT2D eigenvalue weighted by atomic mass is 10.1. The summed E-state index contributed by atoms with van der Waals surface area (Å²) in [7, 11) is -2.23. The van der Waals surface area contributed by atoms with Gasteiger partial charge in [-0.15, -0.1) is 10.2 Å². The van der Waals surface area contributed by atoms with Crippen molar-refractivity contribution in [1.29, 1.82) is 0 Å². The van der Waals surface area contributed by atoms with Crippen LogP contribution >= 0.6 is 11.3 Å². The summed E-state index contributed by atoms with van der Waals surface area (Å²) in [6, 6.07) is 11.8. The van der Waals surface area contributed by atoms with Gasteiger partial charge in [0.15, 0.2) is 0 Å². The number of nitrogens with zero attached hydrogens (tertiary/aromatic N) is 3. The summed E-state index contributed by atoms with van der Waals surface area (Å²) in [6.07, 6.45) is 0.560. The van der Waals surface area contributed by atoms with E-state index in [0.29, 0.717) is 29.4 Å². The highest BCUT2D eigenvalue weighted by Gasteiger charge is 2.29. The summed E-state index contributed by atoms with van der Waals surface area (Å²) in [6.45, 7) is 5.92. The topological polar surface area (TPSA) is 101 Å². The number of benzene rings is 2. The number of carbonyl (C=O) groups is 1. The van der Waals surface area contributed by atoms with Crippen molar-refractivity contribution in [2.45, 2.75) is 38.1 Å². The Morgan fingerprint density at radius 3 is 2.50 bits per heavy atom. The van der Waals surface area contributed by atoms with Crippen LogP contribution in [0.2, 0.25) is 0 Å². The predicted octanol–water partition coefficient (Wildman–Crippen LogP) is 3.43. The van der Waals surface area contributed by atoms with Crippen LogP contribution in [0.5, 0.6) is 5.75 Å². The summed E-state index contributed by atoms with van der Waals surface area (Å²) < 4.78 is 32.8. The smallest absolute Gasteiger partial charge is 0.266 e. The van der Waals surface area contributed by atoms with Gasteiger partial charge in [-0.05, 0) is 62.6 Å². The minimum absolute atomic E-state index is 0.179. The molecule has 0 bridgehead atoms. The molecule has 10 heteroatoms. The van der Waals surface area contributed by atoms with Gasteiger partial charge in [-0.3, -0.25) is 4.79 Å². The molecule has 3 rings (SSSR count). The monoisotopic (exact) mass is 474 g/mol. The second-order valence-corrected chi connectivity index (χ2v) is 10.1. The molecular formula is C22H26N4O4S2. The third-order valence-corrected chi connectivity index (χ3v) is 7.57. The van der Waals surface area contributed by atoms with Gasteiger partial charge in [-0.25, -0.2) is 12.7 Å². The number of hydrogen-bond acceptors (Lipinski definition) is 7. The Morgan fingerprint density at radius 2 is 1.91 bits per heavy atom. The number of anilines is 1. The van der Waals surface area contributed by atoms with Crippen LogP contribution < -0.4 is 14.4 Å². The highest BCUT2D eigenvalue weighted by molar-refractivity contribution is 7.93. The Hall–Kier alpha value is -2.98. The summed E-state index contributed by atoms with van der Waals surface area (Å²) in [5.74, 6) is 0.313. The fraction of sp³-hybridized carbons (Fsp3) is 0.318. The molecule has 0 saturated heterocycles. The van der Waals surface area contributed by atoms with Gasteiger partial charge in [0, 0.05) is 12.6 Å². The summed E-state index contributed by atoms with van der Waals surface area (Å²) >= 11 is 1.17. The Bertz CT molecular complexity index is 1160. The average Bonchev–Trinajstić information content (AvgIpc) is 3.27. The number of amides is 1. The molecule has 0 radical (unpaired) electrons. The Morgan fingerprint density at radius 1 is 1.19 bits per heavy atom. The van der Waals surface area contributed by atoms with Crippen molar-refractivity contribution < 1.29 is 17.9 Å². The van der Waals surface area contributed by atoms with Crippen LogP contribution in [0.3, 0.4) is 0 Å². The molecule has 32 heavy (non-hydrogen) atoms. The highest BCUT2D eigenvalue weighted by atomic mass is 32.2. The van der Waals surface area contributed by atoms with E-state index in [0.717, 1.165) is 11.1 Å². The molecule has 0 unspecified atom stereocenters. The van der Waals surface area contributed by atoms with E-state index in [1.54, 1.807) is 44.2 Å². The molecule has 3 aromatic rings. The van der Waals surface area contributed by atoms with E-state index in [-0.39, 0.29) is 16.8 Å². The molecule has 1 heterocycles. The van der Waals surface area contributed by atoms with Crippen LogP contribution in [-0.4, -0.2) is 44.2 Å². The average molecular weight is 475 g/mol. The van der Waals surface area contributed by atoms with Gasteiger partial charge >= 0.3 is 0 Å². The van der Waals surface area contributed by atoms with E-state index >= 15 is 0 Å². The predicted molar refractivity (Wildman–Crippen MR) is 125 cm³/mol. The number of ether oxygens (including phenoxy) is 1. The van der Waals surface area contributed by atoms with Crippen LogP contribution in [0, 0.1) is 6.92 Å². The standard InChI is InChI=1S/C22H26N4O4S2/c1-15(2)26(22-25-24-14-31-22)32(28,29)18-8-6-17(7-9-18)11-12-23-21(27)19-10-5-16(3)13-20(19)30-4/h5-10,13-15H,11-12H2,1-4H3,(H,23,27). The van der Waals surface area contributed by atoms with E-state index in [1.807, 2.05) is 19.1 Å². The van der Waals surface area contributed by atoms with Crippen LogP contribution in [0.15, 0.2) is 52.9 Å². The first-order chi connectivity index (χ1) is 15.2. The zero-order valence-corrected chi connectivity index (χ0v) is 20.0. The number of hydrogen-bond donors (Lipinski definition) is 1. The Kier molecular flexibility index (Phi) is 7.47. The lowest BCUT2D eigenvalue weighted by Crippen LogP contribution is -2.37. The molecule has 1 N–H and O–H groups in total. The van der Waals surface area contributed by atoms with E-state index in [9.17, 15) is 13.2 Å². The fourth-order valence-corrected chi connectivity index (χ4v) is 5.73. The second-order valence-electron chi connectivity index (χ2n) is 7.47. The van der Waals surface area contributed by atoms with Crippen molar-refractivity contribution in [2.75, 3.05) is 18.0 Å². The van der Waals surface area contributed by atoms with Crippen molar-refractivity contribution in [1.82, 2.24) is 15.5 Å². The van der Waals surface area contributed by atoms with Crippen LogP contribution in [0.25, 0.3) is 0 Å². The third-order valence-electron chi connectivity index (χ3n) is 4.79. The molecule has 8 nitrogen and oxygen atoms in total. The molecule has 0 aliphatic rings. The van der Waals surface area contributed by atoms with Gasteiger partial charge in [0.1, 0.15) is 11.3 Å². The molecule has 1 aromatic heterocycles. The van der Waals surface area contributed by atoms with E-state index in [1.165, 1.54) is 28.3 Å². The van der Waals surface area contributed by atoms with Crippen molar-refractivity contribution in [3.05, 3.63) is 64.7 Å². The molecule has 170 valence electrons. The van der Waals surface area contributed by atoms with E-state index in [4.69, 9.17) is 4.74 Å². The van der Waals surface area contributed by atoms with Gasteiger partial charge in [-0.2, -0.15) is 0 Å². The highest BCUT2D eigenvalue weighted by Crippen LogP contribution is 2.27. The van der Waals surface area contributed by atoms with Gasteiger partial charge in [-0.1, -0.05) is 29.5 Å². The summed E-state index contributed by atoms with van der Waals surface area (Å²) in [4.78, 5) is 12.7. The first kappa shape index (κ1) is 23.7. The molecular weight excluding hydrogens is 448 g/mol. The van der Waals surface area contributed by atoms with Crippen molar-refractivity contribution in [2.24, 2.45) is 0 Å². The van der Waals surface area contributed by atoms with E-state index < -0.39 is 10.0 Å². The van der Waals surface area contributed by atoms with Crippen LogP contribution in [-0.2, 0) is 16.4 Å². The van der Waals surface area contributed by atoms with Crippen LogP contribution in [0.4, 0.5) is 5.13 Å². The molecule has 0 fully saturated rings. The van der Waals surface area contributed by atoms with Gasteiger partial charge in [0.05, 0.1) is 17.6 Å².